The van der Waals surface area contributed by atoms with Gasteiger partial charge in [0.1, 0.15) is 5.82 Å². The fourth-order valence-corrected chi connectivity index (χ4v) is 2.12. The van der Waals surface area contributed by atoms with Gasteiger partial charge in [0.25, 0.3) is 0 Å². The van der Waals surface area contributed by atoms with Crippen LogP contribution in [0.25, 0.3) is 6.08 Å². The molecule has 0 saturated carbocycles. The molecule has 0 unspecified atom stereocenters. The lowest BCUT2D eigenvalue weighted by molar-refractivity contribution is 0.324. The Morgan fingerprint density at radius 2 is 1.70 bits per heavy atom. The molecule has 2 rings (SSSR count). The van der Waals surface area contributed by atoms with Crippen molar-refractivity contribution < 1.29 is 14.2 Å². The van der Waals surface area contributed by atoms with E-state index >= 15 is 0 Å². The number of nitrogens with two attached hydrogens (primary N) is 2. The molecule has 0 aliphatic rings. The quantitative estimate of drug-likeness (QED) is 0.838. The number of methoxy groups -OCH3 is 3. The number of aromatic nitrogens is 2. The van der Waals surface area contributed by atoms with Gasteiger partial charge >= 0.3 is 0 Å². The van der Waals surface area contributed by atoms with Gasteiger partial charge in [0, 0.05) is 11.8 Å². The third kappa shape index (κ3) is 3.82. The summed E-state index contributed by atoms with van der Waals surface area (Å²) in [7, 11) is 4.75. The Balaban J connectivity index is 2.21. The van der Waals surface area contributed by atoms with Crippen LogP contribution in [0.3, 0.4) is 0 Å². The smallest absolute Gasteiger partial charge is 0.221 e. The summed E-state index contributed by atoms with van der Waals surface area (Å²) in [5, 5.41) is 0. The second kappa shape index (κ2) is 7.35. The standard InChI is InChI=1S/C16H20N4O3/c1-21-12-7-10(8-13(22-2)14(12)23-3)5-4-6-11-9-19-16(18)20-15(11)17/h4,6-9H,5H2,1-3H3,(H4,17,18,19,20). The fraction of sp³-hybridized carbons (Fsp3) is 0.250. The number of nitrogen functional groups attached to an aromatic ring is 2. The van der Waals surface area contributed by atoms with Gasteiger partial charge in [-0.3, -0.25) is 0 Å². The van der Waals surface area contributed by atoms with Crippen LogP contribution in [0.15, 0.2) is 24.4 Å². The zero-order valence-electron chi connectivity index (χ0n) is 13.4. The Morgan fingerprint density at radius 3 is 2.22 bits per heavy atom. The fourth-order valence-electron chi connectivity index (χ4n) is 2.12. The molecule has 122 valence electrons. The molecular formula is C16H20N4O3. The maximum absolute atomic E-state index is 5.79. The van der Waals surface area contributed by atoms with E-state index < -0.39 is 0 Å². The zero-order chi connectivity index (χ0) is 16.8. The molecule has 0 amide bonds. The number of ether oxygens (including phenoxy) is 3. The molecule has 0 saturated heterocycles. The maximum atomic E-state index is 5.79. The van der Waals surface area contributed by atoms with Crippen molar-refractivity contribution in [3.05, 3.63) is 35.5 Å². The monoisotopic (exact) mass is 316 g/mol. The highest BCUT2D eigenvalue weighted by molar-refractivity contribution is 5.61. The number of rotatable bonds is 6. The highest BCUT2D eigenvalue weighted by Crippen LogP contribution is 2.38. The highest BCUT2D eigenvalue weighted by atomic mass is 16.5. The molecule has 0 fully saturated rings. The molecule has 7 nitrogen and oxygen atoms in total. The summed E-state index contributed by atoms with van der Waals surface area (Å²) in [6, 6.07) is 3.79. The van der Waals surface area contributed by atoms with E-state index in [9.17, 15) is 0 Å². The Kier molecular flexibility index (Phi) is 5.24. The highest BCUT2D eigenvalue weighted by Gasteiger charge is 2.12. The predicted molar refractivity (Wildman–Crippen MR) is 89.7 cm³/mol. The zero-order valence-corrected chi connectivity index (χ0v) is 13.4. The Morgan fingerprint density at radius 1 is 1.04 bits per heavy atom. The lowest BCUT2D eigenvalue weighted by Gasteiger charge is -2.13. The van der Waals surface area contributed by atoms with Crippen molar-refractivity contribution in [2.75, 3.05) is 32.8 Å². The van der Waals surface area contributed by atoms with Crippen LogP contribution in [0, 0.1) is 0 Å². The van der Waals surface area contributed by atoms with Gasteiger partial charge in [-0.05, 0) is 24.1 Å². The van der Waals surface area contributed by atoms with Crippen LogP contribution < -0.4 is 25.7 Å². The third-order valence-corrected chi connectivity index (χ3v) is 3.24. The van der Waals surface area contributed by atoms with Crippen molar-refractivity contribution in [1.29, 1.82) is 0 Å². The molecule has 4 N–H and O–H groups in total. The van der Waals surface area contributed by atoms with Crippen molar-refractivity contribution in [1.82, 2.24) is 9.97 Å². The van der Waals surface area contributed by atoms with Crippen LogP contribution in [0.5, 0.6) is 17.2 Å². The molecule has 1 aromatic carbocycles. The van der Waals surface area contributed by atoms with Gasteiger partial charge in [0.2, 0.25) is 11.7 Å². The van der Waals surface area contributed by atoms with Crippen LogP contribution in [0.4, 0.5) is 11.8 Å². The van der Waals surface area contributed by atoms with Gasteiger partial charge in [-0.15, -0.1) is 0 Å². The first kappa shape index (κ1) is 16.4. The number of nitrogens with zero attached hydrogens (tertiary/aromatic N) is 2. The molecule has 1 heterocycles. The van der Waals surface area contributed by atoms with E-state index in [-0.39, 0.29) is 5.95 Å². The molecule has 0 bridgehead atoms. The summed E-state index contributed by atoms with van der Waals surface area (Å²) in [6.45, 7) is 0. The summed E-state index contributed by atoms with van der Waals surface area (Å²) in [6.07, 6.45) is 6.04. The number of anilines is 2. The Hall–Kier alpha value is -2.96. The van der Waals surface area contributed by atoms with Crippen molar-refractivity contribution >= 4 is 17.8 Å². The van der Waals surface area contributed by atoms with E-state index in [0.717, 1.165) is 5.56 Å². The summed E-state index contributed by atoms with van der Waals surface area (Å²) in [5.74, 6) is 2.30. The van der Waals surface area contributed by atoms with E-state index in [2.05, 4.69) is 9.97 Å². The van der Waals surface area contributed by atoms with Crippen LogP contribution in [0.2, 0.25) is 0 Å². The summed E-state index contributed by atoms with van der Waals surface area (Å²) < 4.78 is 16.0. The Labute approximate surface area is 134 Å². The average molecular weight is 316 g/mol. The molecule has 0 atom stereocenters. The van der Waals surface area contributed by atoms with E-state index in [0.29, 0.717) is 35.1 Å². The normalized spacial score (nSPS) is 10.7. The summed E-state index contributed by atoms with van der Waals surface area (Å²) >= 11 is 0. The SMILES string of the molecule is COc1cc(CC=Cc2cnc(N)nc2N)cc(OC)c1OC. The minimum absolute atomic E-state index is 0.157. The van der Waals surface area contributed by atoms with Gasteiger partial charge in [-0.25, -0.2) is 4.98 Å². The molecule has 7 heteroatoms. The van der Waals surface area contributed by atoms with Crippen LogP contribution in [0.1, 0.15) is 11.1 Å². The molecule has 0 spiro atoms. The van der Waals surface area contributed by atoms with Crippen LogP contribution in [-0.2, 0) is 6.42 Å². The first-order valence-electron chi connectivity index (χ1n) is 6.92. The van der Waals surface area contributed by atoms with Crippen LogP contribution in [-0.4, -0.2) is 31.3 Å². The molecule has 0 aliphatic heterocycles. The molecule has 23 heavy (non-hydrogen) atoms. The third-order valence-electron chi connectivity index (χ3n) is 3.24. The number of hydrogen-bond acceptors (Lipinski definition) is 7. The number of benzene rings is 1. The van der Waals surface area contributed by atoms with Crippen molar-refractivity contribution in [3.8, 4) is 17.2 Å². The van der Waals surface area contributed by atoms with E-state index in [4.69, 9.17) is 25.7 Å². The second-order valence-corrected chi connectivity index (χ2v) is 4.71. The number of hydrogen-bond donors (Lipinski definition) is 2. The predicted octanol–water partition coefficient (Wildman–Crippen LogP) is 1.92. The van der Waals surface area contributed by atoms with Gasteiger partial charge in [0.05, 0.1) is 21.3 Å². The largest absolute Gasteiger partial charge is 0.493 e. The lowest BCUT2D eigenvalue weighted by Crippen LogP contribution is -2.00. The summed E-state index contributed by atoms with van der Waals surface area (Å²) in [4.78, 5) is 7.84. The van der Waals surface area contributed by atoms with E-state index in [1.54, 1.807) is 27.5 Å². The van der Waals surface area contributed by atoms with Crippen molar-refractivity contribution in [2.24, 2.45) is 0 Å². The average Bonchev–Trinajstić information content (AvgIpc) is 2.55. The Bertz CT molecular complexity index is 691. The maximum Gasteiger partial charge on any atom is 0.221 e. The van der Waals surface area contributed by atoms with Gasteiger partial charge in [-0.2, -0.15) is 4.98 Å². The summed E-state index contributed by atoms with van der Waals surface area (Å²) in [5.41, 5.74) is 13.0. The van der Waals surface area contributed by atoms with Crippen molar-refractivity contribution in [2.45, 2.75) is 6.42 Å². The lowest BCUT2D eigenvalue weighted by atomic mass is 10.1. The molecule has 0 aliphatic carbocycles. The van der Waals surface area contributed by atoms with Crippen molar-refractivity contribution in [3.63, 3.8) is 0 Å². The minimum Gasteiger partial charge on any atom is -0.493 e. The number of allylic oxidation sites excluding steroid dienone is 1. The molecular weight excluding hydrogens is 296 g/mol. The molecule has 0 radical (unpaired) electrons. The molecule has 2 aromatic rings. The van der Waals surface area contributed by atoms with E-state index in [1.807, 2.05) is 24.3 Å². The molecule has 1 aromatic heterocycles. The second-order valence-electron chi connectivity index (χ2n) is 4.71. The minimum atomic E-state index is 0.157. The van der Waals surface area contributed by atoms with Crippen LogP contribution >= 0.6 is 0 Å². The first-order valence-corrected chi connectivity index (χ1v) is 6.92. The van der Waals surface area contributed by atoms with Gasteiger partial charge < -0.3 is 25.7 Å². The first-order chi connectivity index (χ1) is 11.1. The van der Waals surface area contributed by atoms with Gasteiger partial charge in [-0.1, -0.05) is 12.2 Å². The van der Waals surface area contributed by atoms with Gasteiger partial charge in [0.15, 0.2) is 11.5 Å². The van der Waals surface area contributed by atoms with E-state index in [1.165, 1.54) is 0 Å². The topological polar surface area (TPSA) is 106 Å².